The molecule has 12 heteroatoms. The van der Waals surface area contributed by atoms with Crippen LogP contribution in [0.4, 0.5) is 17.1 Å². The highest BCUT2D eigenvalue weighted by molar-refractivity contribution is 7.93. The first-order valence-corrected chi connectivity index (χ1v) is 12.2. The minimum Gasteiger partial charge on any atom is -0.383 e. The van der Waals surface area contributed by atoms with Crippen molar-refractivity contribution in [3.63, 3.8) is 0 Å². The third kappa shape index (κ3) is 6.23. The maximum atomic E-state index is 13.5. The molecule has 0 aliphatic heterocycles. The lowest BCUT2D eigenvalue weighted by Crippen LogP contribution is -2.38. The average molecular weight is 513 g/mol. The van der Waals surface area contributed by atoms with E-state index in [0.29, 0.717) is 6.61 Å². The summed E-state index contributed by atoms with van der Waals surface area (Å²) in [5.74, 6) is -1.20. The molecule has 0 saturated carbocycles. The molecule has 2 amide bonds. The average Bonchev–Trinajstić information content (AvgIpc) is 2.88. The number of nitrogens with zero attached hydrogens (tertiary/aromatic N) is 2. The molecule has 3 rings (SSSR count). The molecule has 2 N–H and O–H groups in total. The summed E-state index contributed by atoms with van der Waals surface area (Å²) in [6, 6.07) is 18.9. The Morgan fingerprint density at radius 3 is 2.31 bits per heavy atom. The molecular weight excluding hydrogens is 488 g/mol. The lowest BCUT2D eigenvalue weighted by Gasteiger charge is -2.24. The number of carbonyl (C=O) groups excluding carboxylic acids is 2. The van der Waals surface area contributed by atoms with Gasteiger partial charge in [-0.2, -0.15) is 0 Å². The van der Waals surface area contributed by atoms with Crippen molar-refractivity contribution in [1.29, 1.82) is 0 Å². The third-order valence-corrected chi connectivity index (χ3v) is 6.82. The number of sulfonamides is 1. The monoisotopic (exact) mass is 512 g/mol. The van der Waals surface area contributed by atoms with E-state index in [1.54, 1.807) is 30.3 Å². The first-order chi connectivity index (χ1) is 17.3. The van der Waals surface area contributed by atoms with E-state index in [1.165, 1.54) is 43.5 Å². The van der Waals surface area contributed by atoms with Crippen molar-refractivity contribution in [2.45, 2.75) is 4.90 Å². The van der Waals surface area contributed by atoms with Gasteiger partial charge < -0.3 is 15.4 Å². The van der Waals surface area contributed by atoms with Gasteiger partial charge in [-0.1, -0.05) is 42.5 Å². The number of carbonyl (C=O) groups is 2. The van der Waals surface area contributed by atoms with Gasteiger partial charge in [-0.15, -0.1) is 0 Å². The number of ether oxygens (including phenoxy) is 1. The second-order valence-corrected chi connectivity index (χ2v) is 9.25. The molecular formula is C24H24N4O7S. The van der Waals surface area contributed by atoms with Crippen LogP contribution in [-0.2, 0) is 19.6 Å². The van der Waals surface area contributed by atoms with Gasteiger partial charge in [0.1, 0.15) is 6.54 Å². The number of rotatable bonds is 11. The Hall–Kier alpha value is -4.29. The maximum absolute atomic E-state index is 13.5. The number of amides is 2. The van der Waals surface area contributed by atoms with Gasteiger partial charge in [-0.05, 0) is 30.3 Å². The molecule has 0 saturated heterocycles. The second kappa shape index (κ2) is 11.9. The Balaban J connectivity index is 1.92. The Labute approximate surface area is 207 Å². The first kappa shape index (κ1) is 26.3. The number of nitro benzene ring substituents is 1. The summed E-state index contributed by atoms with van der Waals surface area (Å²) in [6.07, 6.45) is 0. The molecule has 0 radical (unpaired) electrons. The van der Waals surface area contributed by atoms with Crippen molar-refractivity contribution in [3.05, 3.63) is 94.5 Å². The number of hydrogen-bond donors (Lipinski definition) is 2. The van der Waals surface area contributed by atoms with Crippen molar-refractivity contribution in [2.24, 2.45) is 0 Å². The zero-order chi connectivity index (χ0) is 26.1. The van der Waals surface area contributed by atoms with Gasteiger partial charge in [0.15, 0.2) is 4.90 Å². The van der Waals surface area contributed by atoms with Crippen LogP contribution in [0.25, 0.3) is 0 Å². The van der Waals surface area contributed by atoms with Crippen molar-refractivity contribution < 1.29 is 27.7 Å². The Kier molecular flexibility index (Phi) is 8.71. The molecule has 0 atom stereocenters. The summed E-state index contributed by atoms with van der Waals surface area (Å²) in [7, 11) is -3.02. The van der Waals surface area contributed by atoms with E-state index in [4.69, 9.17) is 4.74 Å². The van der Waals surface area contributed by atoms with Crippen molar-refractivity contribution in [1.82, 2.24) is 5.32 Å². The van der Waals surface area contributed by atoms with Crippen LogP contribution in [0, 0.1) is 10.1 Å². The van der Waals surface area contributed by atoms with Gasteiger partial charge in [0.25, 0.3) is 21.6 Å². The van der Waals surface area contributed by atoms with Crippen LogP contribution in [0.2, 0.25) is 0 Å². The number of nitrogens with one attached hydrogen (secondary N) is 2. The normalized spacial score (nSPS) is 10.9. The molecule has 3 aromatic carbocycles. The van der Waals surface area contributed by atoms with E-state index < -0.39 is 43.9 Å². The van der Waals surface area contributed by atoms with Crippen molar-refractivity contribution in [2.75, 3.05) is 36.4 Å². The number of para-hydroxylation sites is 3. The summed E-state index contributed by atoms with van der Waals surface area (Å²) in [6.45, 7) is -0.138. The second-order valence-electron chi connectivity index (χ2n) is 7.41. The summed E-state index contributed by atoms with van der Waals surface area (Å²) in [5.41, 5.74) is -0.128. The number of benzene rings is 3. The summed E-state index contributed by atoms with van der Waals surface area (Å²) in [4.78, 5) is 35.7. The molecule has 0 aromatic heterocycles. The largest absolute Gasteiger partial charge is 0.383 e. The zero-order valence-corrected chi connectivity index (χ0v) is 20.1. The van der Waals surface area contributed by atoms with Crippen molar-refractivity contribution in [3.8, 4) is 0 Å². The standard InChI is InChI=1S/C24H24N4O7S/c1-35-16-15-25-24(30)19-11-5-6-12-20(19)26-23(29)17-27(18-9-3-2-4-10-18)36(33,34)22-14-8-7-13-21(22)28(31)32/h2-14H,15-17H2,1H3,(H,25,30)(H,26,29). The highest BCUT2D eigenvalue weighted by atomic mass is 32.2. The number of methoxy groups -OCH3 is 1. The Bertz CT molecular complexity index is 1350. The summed E-state index contributed by atoms with van der Waals surface area (Å²) < 4.78 is 32.8. The molecule has 188 valence electrons. The zero-order valence-electron chi connectivity index (χ0n) is 19.3. The van der Waals surface area contributed by atoms with E-state index in [9.17, 15) is 28.1 Å². The molecule has 0 bridgehead atoms. The molecule has 0 fully saturated rings. The van der Waals surface area contributed by atoms with Crippen LogP contribution in [0.3, 0.4) is 0 Å². The first-order valence-electron chi connectivity index (χ1n) is 10.7. The Morgan fingerprint density at radius 1 is 0.972 bits per heavy atom. The topological polar surface area (TPSA) is 148 Å². The van der Waals surface area contributed by atoms with Crippen LogP contribution in [0.15, 0.2) is 83.8 Å². The fraction of sp³-hybridized carbons (Fsp3) is 0.167. The van der Waals surface area contributed by atoms with E-state index in [2.05, 4.69) is 10.6 Å². The lowest BCUT2D eigenvalue weighted by atomic mass is 10.1. The molecule has 0 aliphatic carbocycles. The van der Waals surface area contributed by atoms with Crippen molar-refractivity contribution >= 4 is 38.9 Å². The predicted octanol–water partition coefficient (Wildman–Crippen LogP) is 2.81. The minimum atomic E-state index is -4.52. The molecule has 36 heavy (non-hydrogen) atoms. The van der Waals surface area contributed by atoms with Gasteiger partial charge in [0, 0.05) is 19.7 Å². The molecule has 3 aromatic rings. The van der Waals surface area contributed by atoms with Gasteiger partial charge in [0.05, 0.1) is 28.5 Å². The highest BCUT2D eigenvalue weighted by Gasteiger charge is 2.33. The Morgan fingerprint density at radius 2 is 1.61 bits per heavy atom. The number of anilines is 2. The van der Waals surface area contributed by atoms with Crippen LogP contribution in [0.5, 0.6) is 0 Å². The summed E-state index contributed by atoms with van der Waals surface area (Å²) >= 11 is 0. The molecule has 0 aliphatic rings. The molecule has 0 heterocycles. The van der Waals surface area contributed by atoms with Gasteiger partial charge >= 0.3 is 0 Å². The van der Waals surface area contributed by atoms with E-state index in [-0.39, 0.29) is 23.5 Å². The van der Waals surface area contributed by atoms with Gasteiger partial charge in [-0.3, -0.25) is 24.0 Å². The van der Waals surface area contributed by atoms with Crippen LogP contribution in [-0.4, -0.2) is 52.0 Å². The van der Waals surface area contributed by atoms with Crippen LogP contribution < -0.4 is 14.9 Å². The quantitative estimate of drug-likeness (QED) is 0.228. The summed E-state index contributed by atoms with van der Waals surface area (Å²) in [5, 5.41) is 16.7. The SMILES string of the molecule is COCCNC(=O)c1ccccc1NC(=O)CN(c1ccccc1)S(=O)(=O)c1ccccc1[N+](=O)[O-]. The maximum Gasteiger partial charge on any atom is 0.289 e. The third-order valence-electron chi connectivity index (χ3n) is 5.00. The molecule has 11 nitrogen and oxygen atoms in total. The number of hydrogen-bond acceptors (Lipinski definition) is 7. The van der Waals surface area contributed by atoms with E-state index >= 15 is 0 Å². The smallest absolute Gasteiger partial charge is 0.289 e. The fourth-order valence-corrected chi connectivity index (χ4v) is 4.91. The van der Waals surface area contributed by atoms with Crippen LogP contribution >= 0.6 is 0 Å². The molecule has 0 unspecified atom stereocenters. The highest BCUT2D eigenvalue weighted by Crippen LogP contribution is 2.29. The lowest BCUT2D eigenvalue weighted by molar-refractivity contribution is -0.387. The van der Waals surface area contributed by atoms with Crippen LogP contribution in [0.1, 0.15) is 10.4 Å². The van der Waals surface area contributed by atoms with Gasteiger partial charge in [-0.25, -0.2) is 8.42 Å². The van der Waals surface area contributed by atoms with Gasteiger partial charge in [0.2, 0.25) is 5.91 Å². The van der Waals surface area contributed by atoms with E-state index in [1.807, 2.05) is 0 Å². The van der Waals surface area contributed by atoms with E-state index in [0.717, 1.165) is 16.4 Å². The fourth-order valence-electron chi connectivity index (χ4n) is 3.33. The predicted molar refractivity (Wildman–Crippen MR) is 133 cm³/mol. The number of nitro groups is 1. The molecule has 0 spiro atoms. The minimum absolute atomic E-state index is 0.136.